The highest BCUT2D eigenvalue weighted by atomic mass is 19.1. The molecule has 0 aliphatic heterocycles. The van der Waals surface area contributed by atoms with Crippen LogP contribution in [0.5, 0.6) is 11.5 Å². The second-order valence-corrected chi connectivity index (χ2v) is 8.62. The van der Waals surface area contributed by atoms with Crippen molar-refractivity contribution in [1.82, 2.24) is 10.3 Å². The zero-order valence-corrected chi connectivity index (χ0v) is 19.2. The van der Waals surface area contributed by atoms with Crippen molar-refractivity contribution in [3.05, 3.63) is 78.2 Å². The second kappa shape index (κ2) is 10.9. The number of amides is 1. The van der Waals surface area contributed by atoms with Crippen LogP contribution in [-0.2, 0) is 16.0 Å². The van der Waals surface area contributed by atoms with E-state index in [-0.39, 0.29) is 18.0 Å². The normalized spacial score (nSPS) is 12.0. The number of carbonyl (C=O) groups excluding carboxylic acids is 2. The maximum absolute atomic E-state index is 13.0. The summed E-state index contributed by atoms with van der Waals surface area (Å²) in [5, 5.41) is 12.0. The summed E-state index contributed by atoms with van der Waals surface area (Å²) in [5.41, 5.74) is 1.24. The molecule has 2 aromatic carbocycles. The van der Waals surface area contributed by atoms with Gasteiger partial charge in [-0.2, -0.15) is 0 Å². The van der Waals surface area contributed by atoms with Crippen molar-refractivity contribution in [2.24, 2.45) is 0 Å². The summed E-state index contributed by atoms with van der Waals surface area (Å²) < 4.78 is 23.9. The van der Waals surface area contributed by atoms with Crippen molar-refractivity contribution >= 4 is 11.9 Å². The molecule has 34 heavy (non-hydrogen) atoms. The molecule has 8 heteroatoms. The summed E-state index contributed by atoms with van der Waals surface area (Å²) in [6, 6.07) is 17.1. The monoisotopic (exact) mass is 466 g/mol. The Hall–Kier alpha value is -3.78. The van der Waals surface area contributed by atoms with Crippen LogP contribution < -0.4 is 10.1 Å². The van der Waals surface area contributed by atoms with E-state index in [1.165, 1.54) is 12.1 Å². The molecule has 0 aliphatic carbocycles. The molecule has 0 spiro atoms. The number of nitrogens with zero attached hydrogens (tertiary/aromatic N) is 1. The van der Waals surface area contributed by atoms with Crippen LogP contribution in [0.4, 0.5) is 9.18 Å². The van der Waals surface area contributed by atoms with Crippen LogP contribution in [0, 0.1) is 5.82 Å². The second-order valence-electron chi connectivity index (χ2n) is 8.62. The van der Waals surface area contributed by atoms with Crippen LogP contribution in [0.1, 0.15) is 26.5 Å². The number of aromatic nitrogens is 1. The van der Waals surface area contributed by atoms with Gasteiger partial charge in [0.05, 0.1) is 18.7 Å². The predicted molar refractivity (Wildman–Crippen MR) is 125 cm³/mol. The van der Waals surface area contributed by atoms with Crippen LogP contribution >= 0.6 is 0 Å². The molecule has 1 aromatic heterocycles. The van der Waals surface area contributed by atoms with Crippen LogP contribution in [0.2, 0.25) is 0 Å². The third-order valence-corrected chi connectivity index (χ3v) is 4.62. The van der Waals surface area contributed by atoms with E-state index in [2.05, 4.69) is 10.3 Å². The lowest BCUT2D eigenvalue weighted by Crippen LogP contribution is -2.46. The Morgan fingerprint density at radius 1 is 1.00 bits per heavy atom. The van der Waals surface area contributed by atoms with Crippen molar-refractivity contribution in [3.8, 4) is 22.8 Å². The lowest BCUT2D eigenvalue weighted by atomic mass is 10.1. The Morgan fingerprint density at radius 3 is 2.21 bits per heavy atom. The van der Waals surface area contributed by atoms with Gasteiger partial charge in [0.1, 0.15) is 29.0 Å². The maximum Gasteiger partial charge on any atom is 0.408 e. The number of nitrogens with one attached hydrogen (secondary N) is 1. The van der Waals surface area contributed by atoms with Gasteiger partial charge in [-0.15, -0.1) is 0 Å². The highest BCUT2D eigenvalue weighted by Crippen LogP contribution is 2.25. The first-order valence-corrected chi connectivity index (χ1v) is 10.8. The van der Waals surface area contributed by atoms with E-state index >= 15 is 0 Å². The number of aliphatic hydroxyl groups is 1. The van der Waals surface area contributed by atoms with Gasteiger partial charge >= 0.3 is 6.09 Å². The van der Waals surface area contributed by atoms with E-state index in [1.54, 1.807) is 57.2 Å². The highest BCUT2D eigenvalue weighted by Gasteiger charge is 2.24. The molecule has 0 saturated carbocycles. The maximum atomic E-state index is 13.0. The van der Waals surface area contributed by atoms with E-state index in [4.69, 9.17) is 9.47 Å². The number of ether oxygens (including phenoxy) is 2. The zero-order chi connectivity index (χ0) is 24.7. The summed E-state index contributed by atoms with van der Waals surface area (Å²) in [5.74, 6) is 0.381. The first kappa shape index (κ1) is 24.9. The SMILES string of the molecule is CC(C)(C)OC(=O)N[C@@H](CO)C(=O)Cc1cccc(-c2ccc(Oc3ccc(F)cc3)cc2)n1. The quantitative estimate of drug-likeness (QED) is 0.500. The fourth-order valence-corrected chi connectivity index (χ4v) is 3.05. The minimum atomic E-state index is -1.09. The lowest BCUT2D eigenvalue weighted by Gasteiger charge is -2.22. The Balaban J connectivity index is 1.65. The topological polar surface area (TPSA) is 97.8 Å². The number of rotatable bonds is 8. The number of halogens is 1. The molecular formula is C26H27FN2O5. The molecule has 1 atom stereocenters. The van der Waals surface area contributed by atoms with Crippen LogP contribution in [0.3, 0.4) is 0 Å². The summed E-state index contributed by atoms with van der Waals surface area (Å²) in [6.07, 6.45) is -0.842. The fraction of sp³-hybridized carbons (Fsp3) is 0.269. The van der Waals surface area contributed by atoms with Crippen molar-refractivity contribution in [2.75, 3.05) is 6.61 Å². The summed E-state index contributed by atoms with van der Waals surface area (Å²) in [7, 11) is 0. The first-order chi connectivity index (χ1) is 16.1. The van der Waals surface area contributed by atoms with Gasteiger partial charge in [0.15, 0.2) is 5.78 Å². The van der Waals surface area contributed by atoms with Crippen LogP contribution in [0.25, 0.3) is 11.3 Å². The number of hydrogen-bond acceptors (Lipinski definition) is 6. The molecular weight excluding hydrogens is 439 g/mol. The van der Waals surface area contributed by atoms with Gasteiger partial charge in [0, 0.05) is 11.3 Å². The van der Waals surface area contributed by atoms with Crippen molar-refractivity contribution < 1.29 is 28.6 Å². The van der Waals surface area contributed by atoms with E-state index in [0.29, 0.717) is 22.9 Å². The lowest BCUT2D eigenvalue weighted by molar-refractivity contribution is -0.121. The van der Waals surface area contributed by atoms with Crippen LogP contribution in [-0.4, -0.2) is 40.2 Å². The zero-order valence-electron chi connectivity index (χ0n) is 19.2. The molecule has 7 nitrogen and oxygen atoms in total. The average molecular weight is 467 g/mol. The summed E-state index contributed by atoms with van der Waals surface area (Å²) in [6.45, 7) is 4.57. The number of carbonyl (C=O) groups is 2. The van der Waals surface area contributed by atoms with E-state index in [9.17, 15) is 19.1 Å². The number of hydrogen-bond donors (Lipinski definition) is 2. The molecule has 3 aromatic rings. The molecule has 0 radical (unpaired) electrons. The number of alkyl carbamates (subject to hydrolysis) is 1. The molecule has 1 amide bonds. The largest absolute Gasteiger partial charge is 0.457 e. The Bertz CT molecular complexity index is 1130. The highest BCUT2D eigenvalue weighted by molar-refractivity contribution is 5.89. The van der Waals surface area contributed by atoms with Gasteiger partial charge < -0.3 is 19.9 Å². The van der Waals surface area contributed by atoms with Crippen molar-refractivity contribution in [2.45, 2.75) is 38.8 Å². The molecule has 0 bridgehead atoms. The van der Waals surface area contributed by atoms with Gasteiger partial charge in [0.25, 0.3) is 0 Å². The summed E-state index contributed by atoms with van der Waals surface area (Å²) >= 11 is 0. The molecule has 0 fully saturated rings. The Labute approximate surface area is 197 Å². The molecule has 1 heterocycles. The number of ketones is 1. The minimum Gasteiger partial charge on any atom is -0.457 e. The van der Waals surface area contributed by atoms with Crippen molar-refractivity contribution in [1.29, 1.82) is 0 Å². The third kappa shape index (κ3) is 7.38. The molecule has 2 N–H and O–H groups in total. The smallest absolute Gasteiger partial charge is 0.408 e. The minimum absolute atomic E-state index is 0.0688. The Kier molecular flexibility index (Phi) is 7.96. The standard InChI is InChI=1S/C26H27FN2O5/c1-26(2,3)34-25(32)29-23(16-30)24(31)15-19-5-4-6-22(28-19)17-7-11-20(12-8-17)33-21-13-9-18(27)10-14-21/h4-14,23,30H,15-16H2,1-3H3,(H,29,32)/t23-/m0/s1. The molecule has 3 rings (SSSR count). The molecule has 0 aliphatic rings. The average Bonchev–Trinajstić information content (AvgIpc) is 2.78. The van der Waals surface area contributed by atoms with Gasteiger partial charge in [-0.1, -0.05) is 6.07 Å². The van der Waals surface area contributed by atoms with E-state index in [0.717, 1.165) is 5.56 Å². The van der Waals surface area contributed by atoms with Crippen molar-refractivity contribution in [3.63, 3.8) is 0 Å². The molecule has 0 saturated heterocycles. The molecule has 178 valence electrons. The van der Waals surface area contributed by atoms with Gasteiger partial charge in [0.2, 0.25) is 0 Å². The van der Waals surface area contributed by atoms with Gasteiger partial charge in [-0.05, 0) is 81.4 Å². The van der Waals surface area contributed by atoms with Gasteiger partial charge in [-0.3, -0.25) is 9.78 Å². The Morgan fingerprint density at radius 2 is 1.62 bits per heavy atom. The summed E-state index contributed by atoms with van der Waals surface area (Å²) in [4.78, 5) is 29.1. The predicted octanol–water partition coefficient (Wildman–Crippen LogP) is 4.68. The van der Waals surface area contributed by atoms with Crippen LogP contribution in [0.15, 0.2) is 66.7 Å². The number of pyridine rings is 1. The van der Waals surface area contributed by atoms with E-state index in [1.807, 2.05) is 18.2 Å². The number of Topliss-reactive ketones (excluding diaryl/α,β-unsaturated/α-hetero) is 1. The number of benzene rings is 2. The number of aliphatic hydroxyl groups excluding tert-OH is 1. The van der Waals surface area contributed by atoms with Gasteiger partial charge in [-0.25, -0.2) is 9.18 Å². The third-order valence-electron chi connectivity index (χ3n) is 4.62. The molecule has 0 unspecified atom stereocenters. The fourth-order valence-electron chi connectivity index (χ4n) is 3.05. The first-order valence-electron chi connectivity index (χ1n) is 10.8. The van der Waals surface area contributed by atoms with E-state index < -0.39 is 24.3 Å².